The molecule has 0 aliphatic carbocycles. The van der Waals surface area contributed by atoms with Gasteiger partial charge in [0.15, 0.2) is 0 Å². The molecule has 0 heterocycles. The van der Waals surface area contributed by atoms with Crippen LogP contribution in [0.5, 0.6) is 0 Å². The minimum absolute atomic E-state index is 0.431. The quantitative estimate of drug-likeness (QED) is 0.609. The van der Waals surface area contributed by atoms with E-state index in [-0.39, 0.29) is 0 Å². The van der Waals surface area contributed by atoms with E-state index in [1.54, 1.807) is 0 Å². The van der Waals surface area contributed by atoms with Crippen molar-refractivity contribution < 1.29 is 0 Å². The minimum Gasteiger partial charge on any atom is -0.0925 e. The van der Waals surface area contributed by atoms with E-state index in [1.807, 2.05) is 12.1 Å². The zero-order valence-electron chi connectivity index (χ0n) is 11.0. The lowest BCUT2D eigenvalue weighted by Crippen LogP contribution is -2.12. The topological polar surface area (TPSA) is 0 Å². The Morgan fingerprint density at radius 3 is 2.24 bits per heavy atom. The van der Waals surface area contributed by atoms with Gasteiger partial charge in [-0.1, -0.05) is 60.4 Å². The first kappa shape index (κ1) is 15.0. The lowest BCUT2D eigenvalue weighted by molar-refractivity contribution is 0.332. The van der Waals surface area contributed by atoms with Gasteiger partial charge in [-0.25, -0.2) is 0 Å². The average molecular weight is 318 g/mol. The van der Waals surface area contributed by atoms with Crippen LogP contribution in [0.1, 0.15) is 39.2 Å². The fourth-order valence-corrected chi connectivity index (χ4v) is 2.50. The molecule has 96 valence electrons. The molecule has 0 radical (unpaired) electrons. The van der Waals surface area contributed by atoms with E-state index in [2.05, 4.69) is 48.8 Å². The molecule has 0 aromatic heterocycles. The van der Waals surface area contributed by atoms with Crippen molar-refractivity contribution in [2.24, 2.45) is 11.3 Å². The first-order valence-corrected chi connectivity index (χ1v) is 7.71. The van der Waals surface area contributed by atoms with E-state index >= 15 is 0 Å². The van der Waals surface area contributed by atoms with Crippen LogP contribution in [0.2, 0.25) is 5.02 Å². The third-order valence-corrected chi connectivity index (χ3v) is 4.13. The van der Waals surface area contributed by atoms with Gasteiger partial charge < -0.3 is 0 Å². The maximum atomic E-state index is 5.89. The van der Waals surface area contributed by atoms with Crippen LogP contribution >= 0.6 is 27.5 Å². The van der Waals surface area contributed by atoms with Crippen molar-refractivity contribution in [3.05, 3.63) is 34.9 Å². The number of rotatable bonds is 5. The number of hydrogen-bond donors (Lipinski definition) is 0. The van der Waals surface area contributed by atoms with Gasteiger partial charge in [-0.05, 0) is 48.3 Å². The number of alkyl halides is 1. The molecule has 0 amide bonds. The maximum absolute atomic E-state index is 5.89. The lowest BCUT2D eigenvalue weighted by Gasteiger charge is -2.22. The third kappa shape index (κ3) is 6.47. The lowest BCUT2D eigenvalue weighted by atomic mass is 9.85. The summed E-state index contributed by atoms with van der Waals surface area (Å²) in [7, 11) is 0. The summed E-state index contributed by atoms with van der Waals surface area (Å²) in [6, 6.07) is 8.22. The molecule has 1 atom stereocenters. The number of benzene rings is 1. The highest BCUT2D eigenvalue weighted by molar-refractivity contribution is 9.09. The van der Waals surface area contributed by atoms with Crippen molar-refractivity contribution in [3.8, 4) is 0 Å². The molecule has 1 aromatic carbocycles. The van der Waals surface area contributed by atoms with E-state index in [0.717, 1.165) is 22.7 Å². The molecule has 0 N–H and O–H groups in total. The molecule has 0 fully saturated rings. The molecule has 0 bridgehead atoms. The van der Waals surface area contributed by atoms with Gasteiger partial charge >= 0.3 is 0 Å². The summed E-state index contributed by atoms with van der Waals surface area (Å²) >= 11 is 9.52. The van der Waals surface area contributed by atoms with Gasteiger partial charge in [-0.15, -0.1) is 0 Å². The Kier molecular flexibility index (Phi) is 6.02. The van der Waals surface area contributed by atoms with E-state index in [1.165, 1.54) is 18.4 Å². The van der Waals surface area contributed by atoms with Crippen molar-refractivity contribution in [2.45, 2.75) is 40.0 Å². The van der Waals surface area contributed by atoms with Crippen LogP contribution in [-0.4, -0.2) is 5.33 Å². The molecular formula is C15H22BrCl. The van der Waals surface area contributed by atoms with Crippen LogP contribution < -0.4 is 0 Å². The van der Waals surface area contributed by atoms with Crippen LogP contribution in [0, 0.1) is 11.3 Å². The van der Waals surface area contributed by atoms with Gasteiger partial charge in [0.1, 0.15) is 0 Å². The van der Waals surface area contributed by atoms with Gasteiger partial charge in [-0.2, -0.15) is 0 Å². The SMILES string of the molecule is CC(C)(C)CCC(CBr)Cc1ccc(Cl)cc1. The van der Waals surface area contributed by atoms with E-state index in [9.17, 15) is 0 Å². The van der Waals surface area contributed by atoms with Crippen LogP contribution in [0.25, 0.3) is 0 Å². The zero-order chi connectivity index (χ0) is 12.9. The Morgan fingerprint density at radius 1 is 1.18 bits per heavy atom. The molecule has 0 saturated carbocycles. The molecule has 2 heteroatoms. The Morgan fingerprint density at radius 2 is 1.76 bits per heavy atom. The zero-order valence-corrected chi connectivity index (χ0v) is 13.3. The predicted octanol–water partition coefficient (Wildman–Crippen LogP) is 5.72. The molecule has 0 saturated heterocycles. The fraction of sp³-hybridized carbons (Fsp3) is 0.600. The Labute approximate surface area is 119 Å². The number of halogens is 2. The monoisotopic (exact) mass is 316 g/mol. The van der Waals surface area contributed by atoms with Gasteiger partial charge in [0.2, 0.25) is 0 Å². The average Bonchev–Trinajstić information content (AvgIpc) is 2.25. The van der Waals surface area contributed by atoms with E-state index < -0.39 is 0 Å². The molecule has 0 spiro atoms. The van der Waals surface area contributed by atoms with Gasteiger partial charge in [0.25, 0.3) is 0 Å². The maximum Gasteiger partial charge on any atom is 0.0406 e. The van der Waals surface area contributed by atoms with Crippen LogP contribution in [-0.2, 0) is 6.42 Å². The van der Waals surface area contributed by atoms with Gasteiger partial charge in [-0.3, -0.25) is 0 Å². The summed E-state index contributed by atoms with van der Waals surface area (Å²) < 4.78 is 0. The Bertz CT molecular complexity index is 324. The van der Waals surface area contributed by atoms with Crippen molar-refractivity contribution in [1.29, 1.82) is 0 Å². The molecule has 1 aromatic rings. The molecule has 17 heavy (non-hydrogen) atoms. The van der Waals surface area contributed by atoms with Crippen LogP contribution in [0.4, 0.5) is 0 Å². The first-order valence-electron chi connectivity index (χ1n) is 6.21. The van der Waals surface area contributed by atoms with Crippen LogP contribution in [0.3, 0.4) is 0 Å². The minimum atomic E-state index is 0.431. The van der Waals surface area contributed by atoms with Crippen LogP contribution in [0.15, 0.2) is 24.3 Å². The predicted molar refractivity (Wildman–Crippen MR) is 81.1 cm³/mol. The molecule has 1 unspecified atom stereocenters. The van der Waals surface area contributed by atoms with Gasteiger partial charge in [0.05, 0.1) is 0 Å². The Balaban J connectivity index is 2.49. The summed E-state index contributed by atoms with van der Waals surface area (Å²) in [4.78, 5) is 0. The van der Waals surface area contributed by atoms with Crippen molar-refractivity contribution in [2.75, 3.05) is 5.33 Å². The molecule has 1 rings (SSSR count). The Hall–Kier alpha value is -0.0100. The third-order valence-electron chi connectivity index (χ3n) is 2.96. The summed E-state index contributed by atoms with van der Waals surface area (Å²) in [6.45, 7) is 6.92. The smallest absolute Gasteiger partial charge is 0.0406 e. The summed E-state index contributed by atoms with van der Waals surface area (Å²) in [5.74, 6) is 0.718. The first-order chi connectivity index (χ1) is 7.90. The summed E-state index contributed by atoms with van der Waals surface area (Å²) in [6.07, 6.45) is 3.69. The highest BCUT2D eigenvalue weighted by Gasteiger charge is 2.15. The highest BCUT2D eigenvalue weighted by Crippen LogP contribution is 2.26. The summed E-state index contributed by atoms with van der Waals surface area (Å²) in [5.41, 5.74) is 1.81. The van der Waals surface area contributed by atoms with Crippen molar-refractivity contribution in [1.82, 2.24) is 0 Å². The second-order valence-corrected chi connectivity index (χ2v) is 7.03. The second kappa shape index (κ2) is 6.80. The number of hydrogen-bond acceptors (Lipinski definition) is 0. The van der Waals surface area contributed by atoms with Crippen molar-refractivity contribution >= 4 is 27.5 Å². The van der Waals surface area contributed by atoms with Gasteiger partial charge in [0, 0.05) is 10.4 Å². The molecule has 0 nitrogen and oxygen atoms in total. The fourth-order valence-electron chi connectivity index (χ4n) is 1.82. The molecule has 0 aliphatic rings. The largest absolute Gasteiger partial charge is 0.0925 e. The second-order valence-electron chi connectivity index (χ2n) is 5.95. The van der Waals surface area contributed by atoms with Crippen molar-refractivity contribution in [3.63, 3.8) is 0 Å². The van der Waals surface area contributed by atoms with E-state index in [4.69, 9.17) is 11.6 Å². The molecule has 0 aliphatic heterocycles. The van der Waals surface area contributed by atoms with E-state index in [0.29, 0.717) is 5.41 Å². The molecular weight excluding hydrogens is 296 g/mol. The summed E-state index contributed by atoms with van der Waals surface area (Å²) in [5, 5.41) is 1.89. The standard InChI is InChI=1S/C15H22BrCl/c1-15(2,3)9-8-13(11-16)10-12-4-6-14(17)7-5-12/h4-7,13H,8-11H2,1-3H3. The highest BCUT2D eigenvalue weighted by atomic mass is 79.9. The normalized spacial score (nSPS) is 13.7.